The molecule has 1 heterocycles. The van der Waals surface area contributed by atoms with E-state index in [1.54, 1.807) is 6.92 Å². The lowest BCUT2D eigenvalue weighted by Gasteiger charge is -2.42. The summed E-state index contributed by atoms with van der Waals surface area (Å²) in [6.07, 6.45) is -2.95. The third kappa shape index (κ3) is 3.39. The first kappa shape index (κ1) is 13.9. The van der Waals surface area contributed by atoms with E-state index in [4.69, 9.17) is 4.74 Å². The van der Waals surface area contributed by atoms with E-state index in [0.717, 1.165) is 0 Å². The largest absolute Gasteiger partial charge is 0.389 e. The molecule has 4 N–H and O–H groups in total. The van der Waals surface area contributed by atoms with Gasteiger partial charge >= 0.3 is 0 Å². The van der Waals surface area contributed by atoms with Crippen LogP contribution >= 0.6 is 0 Å². The fourth-order valence-electron chi connectivity index (χ4n) is 1.89. The molecule has 7 nitrogen and oxygen atoms in total. The van der Waals surface area contributed by atoms with Gasteiger partial charge < -0.3 is 25.6 Å². The molecule has 98 valence electrons. The number of hydrogen-bond donors (Lipinski definition) is 4. The number of nitrogens with one attached hydrogen (secondary N) is 2. The molecule has 0 aromatic carbocycles. The summed E-state index contributed by atoms with van der Waals surface area (Å²) in [4.78, 5) is 21.9. The van der Waals surface area contributed by atoms with E-state index < -0.39 is 36.5 Å². The molecule has 0 spiro atoms. The Morgan fingerprint density at radius 1 is 1.06 bits per heavy atom. The highest BCUT2D eigenvalue weighted by molar-refractivity contribution is 5.74. The Bertz CT molecular complexity index is 281. The lowest BCUT2D eigenvalue weighted by Crippen LogP contribution is -2.66. The number of carbonyl (C=O) groups excluding carboxylic acids is 2. The smallest absolute Gasteiger partial charge is 0.217 e. The summed E-state index contributed by atoms with van der Waals surface area (Å²) in [6, 6.07) is -1.63. The van der Waals surface area contributed by atoms with Crippen molar-refractivity contribution in [3.63, 3.8) is 0 Å². The summed E-state index contributed by atoms with van der Waals surface area (Å²) in [5, 5.41) is 24.5. The molecule has 5 atom stereocenters. The Balaban J connectivity index is 2.78. The number of aliphatic hydroxyl groups excluding tert-OH is 2. The molecule has 0 aromatic heterocycles. The van der Waals surface area contributed by atoms with Crippen molar-refractivity contribution in [3.8, 4) is 0 Å². The van der Waals surface area contributed by atoms with E-state index in [9.17, 15) is 19.8 Å². The number of ether oxygens (including phenoxy) is 1. The van der Waals surface area contributed by atoms with Crippen molar-refractivity contribution >= 4 is 11.8 Å². The van der Waals surface area contributed by atoms with Gasteiger partial charge in [0.15, 0.2) is 6.29 Å². The second kappa shape index (κ2) is 5.44. The minimum atomic E-state index is -1.30. The molecule has 0 bridgehead atoms. The van der Waals surface area contributed by atoms with Crippen molar-refractivity contribution < 1.29 is 24.5 Å². The van der Waals surface area contributed by atoms with Crippen molar-refractivity contribution in [2.75, 3.05) is 0 Å². The zero-order valence-corrected chi connectivity index (χ0v) is 10.0. The number of carbonyl (C=O) groups is 2. The van der Waals surface area contributed by atoms with Crippen LogP contribution in [0.15, 0.2) is 0 Å². The summed E-state index contributed by atoms with van der Waals surface area (Å²) in [7, 11) is 0. The topological polar surface area (TPSA) is 108 Å². The van der Waals surface area contributed by atoms with Gasteiger partial charge in [-0.25, -0.2) is 0 Å². The first-order valence-electron chi connectivity index (χ1n) is 5.38. The lowest BCUT2D eigenvalue weighted by atomic mass is 9.95. The highest BCUT2D eigenvalue weighted by atomic mass is 16.6. The molecule has 0 aliphatic carbocycles. The van der Waals surface area contributed by atoms with Crippen LogP contribution in [0.3, 0.4) is 0 Å². The average molecular weight is 246 g/mol. The maximum Gasteiger partial charge on any atom is 0.217 e. The molecule has 1 fully saturated rings. The number of hydrogen-bond acceptors (Lipinski definition) is 5. The predicted molar refractivity (Wildman–Crippen MR) is 57.8 cm³/mol. The van der Waals surface area contributed by atoms with E-state index in [1.807, 2.05) is 0 Å². The fourth-order valence-corrected chi connectivity index (χ4v) is 1.89. The van der Waals surface area contributed by atoms with Gasteiger partial charge in [0.05, 0.1) is 12.1 Å². The van der Waals surface area contributed by atoms with Gasteiger partial charge in [0.1, 0.15) is 12.1 Å². The van der Waals surface area contributed by atoms with E-state index >= 15 is 0 Å². The fraction of sp³-hybridized carbons (Fsp3) is 0.800. The van der Waals surface area contributed by atoms with Crippen LogP contribution in [-0.4, -0.2) is 52.6 Å². The Morgan fingerprint density at radius 2 is 1.53 bits per heavy atom. The molecular weight excluding hydrogens is 228 g/mol. The molecule has 1 aliphatic heterocycles. The van der Waals surface area contributed by atoms with Crippen LogP contribution in [-0.2, 0) is 14.3 Å². The van der Waals surface area contributed by atoms with Gasteiger partial charge in [-0.3, -0.25) is 9.59 Å². The number of aliphatic hydroxyl groups is 2. The van der Waals surface area contributed by atoms with Crippen LogP contribution in [0.25, 0.3) is 0 Å². The molecule has 0 radical (unpaired) electrons. The molecule has 1 saturated heterocycles. The second-order valence-electron chi connectivity index (χ2n) is 4.17. The van der Waals surface area contributed by atoms with Gasteiger partial charge in [0, 0.05) is 13.8 Å². The highest BCUT2D eigenvalue weighted by Gasteiger charge is 2.43. The number of amides is 2. The van der Waals surface area contributed by atoms with Crippen LogP contribution in [0.2, 0.25) is 0 Å². The summed E-state index contributed by atoms with van der Waals surface area (Å²) in [5.74, 6) is -0.713. The lowest BCUT2D eigenvalue weighted by molar-refractivity contribution is -0.214. The van der Waals surface area contributed by atoms with E-state index in [-0.39, 0.29) is 5.91 Å². The Hall–Kier alpha value is -1.18. The van der Waals surface area contributed by atoms with Gasteiger partial charge in [-0.05, 0) is 6.92 Å². The van der Waals surface area contributed by atoms with Crippen molar-refractivity contribution in [1.82, 2.24) is 10.6 Å². The minimum Gasteiger partial charge on any atom is -0.389 e. The molecular formula is C10H18N2O5. The standard InChI is InChI=1S/C10H18N2O5/c1-4-7(11-5(2)13)9(15)8(10(16)17-4)12-6(3)14/h4,7-10,15-16H,1-3H3,(H,11,13)(H,12,14)/t4-,7+,8-,9-,10-/m0/s1. The number of rotatable bonds is 2. The summed E-state index contributed by atoms with van der Waals surface area (Å²) >= 11 is 0. The van der Waals surface area contributed by atoms with E-state index in [0.29, 0.717) is 0 Å². The molecule has 1 rings (SSSR count). The van der Waals surface area contributed by atoms with Gasteiger partial charge in [-0.15, -0.1) is 0 Å². The first-order chi connectivity index (χ1) is 7.82. The van der Waals surface area contributed by atoms with Crippen LogP contribution < -0.4 is 10.6 Å². The third-order valence-electron chi connectivity index (χ3n) is 2.64. The summed E-state index contributed by atoms with van der Waals surface area (Å²) < 4.78 is 5.15. The zero-order valence-electron chi connectivity index (χ0n) is 10.0. The normalized spacial score (nSPS) is 37.4. The molecule has 0 aromatic rings. The SMILES string of the molecule is CC(=O)N[C@H]1[C@H](O)[C@H](NC(C)=O)[C@@H](O)O[C@H]1C. The molecule has 0 saturated carbocycles. The zero-order chi connectivity index (χ0) is 13.2. The van der Waals surface area contributed by atoms with E-state index in [1.165, 1.54) is 13.8 Å². The predicted octanol–water partition coefficient (Wildman–Crippen LogP) is -1.91. The second-order valence-corrected chi connectivity index (χ2v) is 4.17. The average Bonchev–Trinajstić information content (AvgIpc) is 2.18. The molecule has 1 aliphatic rings. The van der Waals surface area contributed by atoms with Crippen LogP contribution in [0.1, 0.15) is 20.8 Å². The summed E-state index contributed by atoms with van der Waals surface area (Å²) in [6.45, 7) is 4.21. The summed E-state index contributed by atoms with van der Waals surface area (Å²) in [5.41, 5.74) is 0. The molecule has 17 heavy (non-hydrogen) atoms. The quantitative estimate of drug-likeness (QED) is 0.455. The molecule has 0 unspecified atom stereocenters. The Labute approximate surface area is 99.1 Å². The molecule has 2 amide bonds. The van der Waals surface area contributed by atoms with Gasteiger partial charge in [-0.1, -0.05) is 0 Å². The third-order valence-corrected chi connectivity index (χ3v) is 2.64. The Morgan fingerprint density at radius 3 is 2.00 bits per heavy atom. The van der Waals surface area contributed by atoms with Crippen molar-refractivity contribution in [3.05, 3.63) is 0 Å². The van der Waals surface area contributed by atoms with Crippen LogP contribution in [0, 0.1) is 0 Å². The van der Waals surface area contributed by atoms with Crippen molar-refractivity contribution in [1.29, 1.82) is 0 Å². The van der Waals surface area contributed by atoms with Gasteiger partial charge in [0.2, 0.25) is 11.8 Å². The maximum absolute atomic E-state index is 11.0. The molecule has 7 heteroatoms. The van der Waals surface area contributed by atoms with Crippen molar-refractivity contribution in [2.24, 2.45) is 0 Å². The van der Waals surface area contributed by atoms with Gasteiger partial charge in [0.25, 0.3) is 0 Å². The van der Waals surface area contributed by atoms with E-state index in [2.05, 4.69) is 10.6 Å². The van der Waals surface area contributed by atoms with Gasteiger partial charge in [-0.2, -0.15) is 0 Å². The monoisotopic (exact) mass is 246 g/mol. The highest BCUT2D eigenvalue weighted by Crippen LogP contribution is 2.19. The van der Waals surface area contributed by atoms with Crippen molar-refractivity contribution in [2.45, 2.75) is 51.4 Å². The van der Waals surface area contributed by atoms with Crippen LogP contribution in [0.5, 0.6) is 0 Å². The minimum absolute atomic E-state index is 0.317. The van der Waals surface area contributed by atoms with Crippen LogP contribution in [0.4, 0.5) is 0 Å². The Kier molecular flexibility index (Phi) is 4.44. The first-order valence-corrected chi connectivity index (χ1v) is 5.38. The maximum atomic E-state index is 11.0.